The lowest BCUT2D eigenvalue weighted by atomic mass is 10.1. The first-order valence-corrected chi connectivity index (χ1v) is 8.35. The van der Waals surface area contributed by atoms with Crippen LogP contribution in [0.2, 0.25) is 0 Å². The van der Waals surface area contributed by atoms with Gasteiger partial charge in [-0.3, -0.25) is 4.79 Å². The Kier molecular flexibility index (Phi) is 6.31. The smallest absolute Gasteiger partial charge is 0.226 e. The predicted molar refractivity (Wildman–Crippen MR) is 94.4 cm³/mol. The number of ether oxygens (including phenoxy) is 1. The number of aryl methyl sites for hydroxylation is 2. The lowest BCUT2D eigenvalue weighted by Crippen LogP contribution is -2.39. The van der Waals surface area contributed by atoms with E-state index < -0.39 is 0 Å². The molecular weight excluding hydrogens is 312 g/mol. The molecule has 128 valence electrons. The van der Waals surface area contributed by atoms with Crippen molar-refractivity contribution in [1.29, 1.82) is 0 Å². The largest absolute Gasteiger partial charge is 0.493 e. The molecule has 0 spiro atoms. The number of halogens is 1. The highest BCUT2D eigenvalue weighted by Crippen LogP contribution is 2.21. The molecule has 0 saturated carbocycles. The molecule has 2 saturated heterocycles. The Morgan fingerprint density at radius 3 is 2.87 bits per heavy atom. The summed E-state index contributed by atoms with van der Waals surface area (Å²) < 4.78 is 5.81. The van der Waals surface area contributed by atoms with Gasteiger partial charge >= 0.3 is 0 Å². The summed E-state index contributed by atoms with van der Waals surface area (Å²) in [4.78, 5) is 14.4. The molecule has 0 radical (unpaired) electrons. The zero-order valence-electron chi connectivity index (χ0n) is 14.0. The number of rotatable bonds is 4. The van der Waals surface area contributed by atoms with Crippen LogP contribution < -0.4 is 10.1 Å². The van der Waals surface area contributed by atoms with Crippen molar-refractivity contribution >= 4 is 18.3 Å². The number of amides is 1. The van der Waals surface area contributed by atoms with Gasteiger partial charge in [0.25, 0.3) is 0 Å². The Labute approximate surface area is 145 Å². The quantitative estimate of drug-likeness (QED) is 0.917. The number of nitrogens with zero attached hydrogens (tertiary/aromatic N) is 1. The first-order valence-electron chi connectivity index (χ1n) is 8.35. The van der Waals surface area contributed by atoms with E-state index in [1.54, 1.807) is 0 Å². The second-order valence-corrected chi connectivity index (χ2v) is 6.63. The molecule has 2 heterocycles. The van der Waals surface area contributed by atoms with Gasteiger partial charge < -0.3 is 15.0 Å². The van der Waals surface area contributed by atoms with Crippen LogP contribution in [-0.4, -0.2) is 42.6 Å². The molecule has 1 aromatic rings. The molecule has 1 amide bonds. The third-order valence-electron chi connectivity index (χ3n) is 4.79. The van der Waals surface area contributed by atoms with E-state index in [1.807, 2.05) is 17.9 Å². The van der Waals surface area contributed by atoms with Crippen LogP contribution in [0.3, 0.4) is 0 Å². The van der Waals surface area contributed by atoms with Crippen LogP contribution in [0.15, 0.2) is 18.2 Å². The van der Waals surface area contributed by atoms with Crippen LogP contribution in [-0.2, 0) is 4.79 Å². The fourth-order valence-corrected chi connectivity index (χ4v) is 3.44. The van der Waals surface area contributed by atoms with Crippen LogP contribution in [0, 0.1) is 13.8 Å². The number of nitrogens with one attached hydrogen (secondary N) is 1. The Balaban J connectivity index is 0.00000192. The lowest BCUT2D eigenvalue weighted by Gasteiger charge is -2.24. The van der Waals surface area contributed by atoms with Crippen molar-refractivity contribution in [3.05, 3.63) is 29.3 Å². The van der Waals surface area contributed by atoms with Crippen molar-refractivity contribution in [1.82, 2.24) is 10.2 Å². The number of carbonyl (C=O) groups excluding carboxylic acids is 1. The minimum Gasteiger partial charge on any atom is -0.493 e. The monoisotopic (exact) mass is 338 g/mol. The highest BCUT2D eigenvalue weighted by molar-refractivity contribution is 5.85. The molecule has 0 aliphatic carbocycles. The summed E-state index contributed by atoms with van der Waals surface area (Å²) in [5, 5.41) is 3.61. The van der Waals surface area contributed by atoms with Gasteiger partial charge in [0, 0.05) is 25.2 Å². The summed E-state index contributed by atoms with van der Waals surface area (Å²) in [6.45, 7) is 6.29. The van der Waals surface area contributed by atoms with E-state index in [1.165, 1.54) is 18.4 Å². The second-order valence-electron chi connectivity index (χ2n) is 6.63. The molecule has 3 rings (SSSR count). The third kappa shape index (κ3) is 4.61. The molecule has 2 atom stereocenters. The average Bonchev–Trinajstić information content (AvgIpc) is 2.81. The first-order chi connectivity index (χ1) is 10.6. The van der Waals surface area contributed by atoms with Gasteiger partial charge in [0.2, 0.25) is 5.91 Å². The van der Waals surface area contributed by atoms with E-state index in [-0.39, 0.29) is 18.3 Å². The number of benzene rings is 1. The topological polar surface area (TPSA) is 41.6 Å². The average molecular weight is 339 g/mol. The minimum atomic E-state index is 0. The maximum absolute atomic E-state index is 12.4. The molecule has 1 aromatic carbocycles. The van der Waals surface area contributed by atoms with Crippen molar-refractivity contribution in [3.63, 3.8) is 0 Å². The standard InChI is InChI=1S/C18H26N2O2.ClH/c1-13-3-4-14(2)17(11-13)22-10-8-18(21)20-9-7-15-5-6-16(12-20)19-15;/h3-4,11,15-16,19H,5-10,12H2,1-2H3;1H. The summed E-state index contributed by atoms with van der Waals surface area (Å²) in [5.41, 5.74) is 2.30. The minimum absolute atomic E-state index is 0. The molecule has 2 bridgehead atoms. The van der Waals surface area contributed by atoms with Crippen LogP contribution in [0.25, 0.3) is 0 Å². The fraction of sp³-hybridized carbons (Fsp3) is 0.611. The highest BCUT2D eigenvalue weighted by atomic mass is 35.5. The second kappa shape index (κ2) is 8.02. The summed E-state index contributed by atoms with van der Waals surface area (Å²) in [5.74, 6) is 1.11. The summed E-state index contributed by atoms with van der Waals surface area (Å²) >= 11 is 0. The van der Waals surface area contributed by atoms with Gasteiger partial charge in [-0.1, -0.05) is 12.1 Å². The molecule has 2 aliphatic rings. The van der Waals surface area contributed by atoms with Crippen LogP contribution in [0.1, 0.15) is 36.8 Å². The van der Waals surface area contributed by atoms with Crippen molar-refractivity contribution in [3.8, 4) is 5.75 Å². The van der Waals surface area contributed by atoms with Crippen molar-refractivity contribution in [2.24, 2.45) is 0 Å². The zero-order valence-corrected chi connectivity index (χ0v) is 14.8. The number of hydrogen-bond acceptors (Lipinski definition) is 3. The zero-order chi connectivity index (χ0) is 15.5. The molecule has 23 heavy (non-hydrogen) atoms. The maximum Gasteiger partial charge on any atom is 0.226 e. The Hall–Kier alpha value is -1.26. The Morgan fingerprint density at radius 2 is 2.04 bits per heavy atom. The molecule has 2 fully saturated rings. The van der Waals surface area contributed by atoms with E-state index in [9.17, 15) is 4.79 Å². The van der Waals surface area contributed by atoms with Gasteiger partial charge in [-0.2, -0.15) is 0 Å². The molecular formula is C18H27ClN2O2. The van der Waals surface area contributed by atoms with Crippen LogP contribution >= 0.6 is 12.4 Å². The van der Waals surface area contributed by atoms with Gasteiger partial charge in [0.1, 0.15) is 5.75 Å². The van der Waals surface area contributed by atoms with Crippen molar-refractivity contribution in [2.75, 3.05) is 19.7 Å². The van der Waals surface area contributed by atoms with Gasteiger partial charge in [0.15, 0.2) is 0 Å². The van der Waals surface area contributed by atoms with Gasteiger partial charge in [-0.05, 0) is 50.3 Å². The van der Waals surface area contributed by atoms with Crippen LogP contribution in [0.4, 0.5) is 0 Å². The van der Waals surface area contributed by atoms with Gasteiger partial charge in [0.05, 0.1) is 13.0 Å². The number of hydrogen-bond donors (Lipinski definition) is 1. The van der Waals surface area contributed by atoms with Crippen molar-refractivity contribution < 1.29 is 9.53 Å². The molecule has 1 N–H and O–H groups in total. The Bertz CT molecular complexity index is 550. The summed E-state index contributed by atoms with van der Waals surface area (Å²) in [6, 6.07) is 7.29. The maximum atomic E-state index is 12.4. The molecule has 5 heteroatoms. The molecule has 4 nitrogen and oxygen atoms in total. The van der Waals surface area contributed by atoms with E-state index in [2.05, 4.69) is 24.4 Å². The van der Waals surface area contributed by atoms with Crippen molar-refractivity contribution in [2.45, 2.75) is 51.6 Å². The molecule has 2 unspecified atom stereocenters. The number of carbonyl (C=O) groups is 1. The Morgan fingerprint density at radius 1 is 1.26 bits per heavy atom. The predicted octanol–water partition coefficient (Wildman–Crippen LogP) is 2.85. The third-order valence-corrected chi connectivity index (χ3v) is 4.79. The first kappa shape index (κ1) is 18.1. The van der Waals surface area contributed by atoms with Crippen LogP contribution in [0.5, 0.6) is 5.75 Å². The fourth-order valence-electron chi connectivity index (χ4n) is 3.44. The van der Waals surface area contributed by atoms with Gasteiger partial charge in [-0.25, -0.2) is 0 Å². The summed E-state index contributed by atoms with van der Waals surface area (Å²) in [6.07, 6.45) is 4.01. The van der Waals surface area contributed by atoms with E-state index in [0.717, 1.165) is 30.8 Å². The van der Waals surface area contributed by atoms with E-state index in [0.29, 0.717) is 25.1 Å². The lowest BCUT2D eigenvalue weighted by molar-refractivity contribution is -0.131. The highest BCUT2D eigenvalue weighted by Gasteiger charge is 2.30. The van der Waals surface area contributed by atoms with Gasteiger partial charge in [-0.15, -0.1) is 12.4 Å². The van der Waals surface area contributed by atoms with E-state index in [4.69, 9.17) is 4.74 Å². The molecule has 0 aromatic heterocycles. The number of fused-ring (bicyclic) bond motifs is 2. The SMILES string of the molecule is Cc1ccc(C)c(OCCC(=O)N2CCC3CCC(C2)N3)c1.Cl. The summed E-state index contributed by atoms with van der Waals surface area (Å²) in [7, 11) is 0. The number of likely N-dealkylation sites (tertiary alicyclic amines) is 1. The normalized spacial score (nSPS) is 23.1. The molecule has 2 aliphatic heterocycles. The van der Waals surface area contributed by atoms with E-state index >= 15 is 0 Å².